The summed E-state index contributed by atoms with van der Waals surface area (Å²) in [5.74, 6) is -0.588. The molecule has 7 heteroatoms. The molecule has 0 aliphatic carbocycles. The van der Waals surface area contributed by atoms with Gasteiger partial charge in [-0.3, -0.25) is 9.59 Å². The summed E-state index contributed by atoms with van der Waals surface area (Å²) < 4.78 is 4.43. The van der Waals surface area contributed by atoms with E-state index in [2.05, 4.69) is 15.4 Å². The molecule has 0 bridgehead atoms. The molecule has 0 heterocycles. The number of nitriles is 1. The fourth-order valence-electron chi connectivity index (χ4n) is 0.855. The van der Waals surface area contributed by atoms with Gasteiger partial charge in [0.2, 0.25) is 0 Å². The van der Waals surface area contributed by atoms with Crippen molar-refractivity contribution in [2.45, 2.75) is 6.42 Å². The maximum atomic E-state index is 11.3. The lowest BCUT2D eigenvalue weighted by atomic mass is 10.3. The fraction of sp³-hybridized carbons (Fsp3) is 0.500. The predicted molar refractivity (Wildman–Crippen MR) is 62.1 cm³/mol. The minimum absolute atomic E-state index is 0.0695. The molecule has 6 nitrogen and oxygen atoms in total. The van der Waals surface area contributed by atoms with Crippen LogP contribution in [0, 0.1) is 11.3 Å². The number of amides is 1. The standard InChI is InChI=1S/C10H14ClN3O3/c1-17-9(15)2-4-13-7-8(6-12)10(16)14-5-3-11/h7,13H,2-5H2,1H3,(H,14,16)/b8-7-. The van der Waals surface area contributed by atoms with Crippen molar-refractivity contribution >= 4 is 23.5 Å². The lowest BCUT2D eigenvalue weighted by molar-refractivity contribution is -0.140. The first kappa shape index (κ1) is 15.3. The maximum absolute atomic E-state index is 11.3. The largest absolute Gasteiger partial charge is 0.469 e. The molecule has 0 fully saturated rings. The molecule has 0 aliphatic heterocycles. The zero-order chi connectivity index (χ0) is 13.1. The third-order valence-corrected chi connectivity index (χ3v) is 1.88. The fourth-order valence-corrected chi connectivity index (χ4v) is 0.950. The Morgan fingerprint density at radius 1 is 1.47 bits per heavy atom. The molecule has 0 atom stereocenters. The number of esters is 1. The third-order valence-electron chi connectivity index (χ3n) is 1.69. The van der Waals surface area contributed by atoms with Gasteiger partial charge in [0, 0.05) is 25.2 Å². The van der Waals surface area contributed by atoms with Crippen molar-refractivity contribution in [2.24, 2.45) is 0 Å². The van der Waals surface area contributed by atoms with Gasteiger partial charge in [-0.2, -0.15) is 5.26 Å². The molecular formula is C10H14ClN3O3. The molecule has 0 saturated heterocycles. The monoisotopic (exact) mass is 259 g/mol. The van der Waals surface area contributed by atoms with Crippen LogP contribution in [0.25, 0.3) is 0 Å². The van der Waals surface area contributed by atoms with Gasteiger partial charge in [-0.05, 0) is 0 Å². The van der Waals surface area contributed by atoms with E-state index in [0.29, 0.717) is 13.1 Å². The molecule has 0 saturated carbocycles. The lowest BCUT2D eigenvalue weighted by Crippen LogP contribution is -2.27. The second kappa shape index (κ2) is 9.48. The molecule has 0 unspecified atom stereocenters. The number of carbonyl (C=O) groups is 2. The summed E-state index contributed by atoms with van der Waals surface area (Å²) in [5, 5.41) is 13.8. The van der Waals surface area contributed by atoms with Crippen LogP contribution in [0.1, 0.15) is 6.42 Å². The highest BCUT2D eigenvalue weighted by Gasteiger charge is 2.07. The second-order valence-electron chi connectivity index (χ2n) is 2.89. The highest BCUT2D eigenvalue weighted by atomic mass is 35.5. The summed E-state index contributed by atoms with van der Waals surface area (Å²) in [5.41, 5.74) is -0.0695. The number of carbonyl (C=O) groups excluding carboxylic acids is 2. The van der Waals surface area contributed by atoms with Crippen LogP contribution in [0.4, 0.5) is 0 Å². The molecule has 0 spiro atoms. The minimum atomic E-state index is -0.501. The number of hydrogen-bond donors (Lipinski definition) is 2. The summed E-state index contributed by atoms with van der Waals surface area (Å²) in [6, 6.07) is 1.74. The van der Waals surface area contributed by atoms with E-state index in [4.69, 9.17) is 16.9 Å². The van der Waals surface area contributed by atoms with Gasteiger partial charge in [-0.25, -0.2) is 0 Å². The number of hydrogen-bond acceptors (Lipinski definition) is 5. The number of alkyl halides is 1. The number of rotatable bonds is 7. The predicted octanol–water partition coefficient (Wildman–Crippen LogP) is -0.0984. The van der Waals surface area contributed by atoms with Crippen LogP contribution < -0.4 is 10.6 Å². The van der Waals surface area contributed by atoms with Crippen molar-refractivity contribution in [1.82, 2.24) is 10.6 Å². The van der Waals surface area contributed by atoms with Crippen LogP contribution in [-0.2, 0) is 14.3 Å². The van der Waals surface area contributed by atoms with Crippen LogP contribution in [0.2, 0.25) is 0 Å². The van der Waals surface area contributed by atoms with Gasteiger partial charge in [0.15, 0.2) is 0 Å². The zero-order valence-electron chi connectivity index (χ0n) is 9.46. The van der Waals surface area contributed by atoms with Crippen LogP contribution >= 0.6 is 11.6 Å². The van der Waals surface area contributed by atoms with E-state index in [0.717, 1.165) is 0 Å². The topological polar surface area (TPSA) is 91.2 Å². The first-order valence-corrected chi connectivity index (χ1v) is 5.43. The molecule has 0 aliphatic rings. The summed E-state index contributed by atoms with van der Waals surface area (Å²) in [7, 11) is 1.29. The molecule has 0 aromatic heterocycles. The van der Waals surface area contributed by atoms with E-state index in [1.807, 2.05) is 0 Å². The highest BCUT2D eigenvalue weighted by molar-refractivity contribution is 6.18. The Kier molecular flexibility index (Phi) is 8.51. The Morgan fingerprint density at radius 2 is 2.18 bits per heavy atom. The van der Waals surface area contributed by atoms with E-state index in [1.54, 1.807) is 6.07 Å². The average molecular weight is 260 g/mol. The van der Waals surface area contributed by atoms with E-state index in [1.165, 1.54) is 13.3 Å². The zero-order valence-corrected chi connectivity index (χ0v) is 10.2. The van der Waals surface area contributed by atoms with Gasteiger partial charge in [0.1, 0.15) is 11.6 Å². The Balaban J connectivity index is 4.05. The number of nitrogens with zero attached hydrogens (tertiary/aromatic N) is 1. The van der Waals surface area contributed by atoms with E-state index in [9.17, 15) is 9.59 Å². The van der Waals surface area contributed by atoms with Crippen LogP contribution in [0.3, 0.4) is 0 Å². The summed E-state index contributed by atoms with van der Waals surface area (Å²) >= 11 is 5.39. The Morgan fingerprint density at radius 3 is 2.71 bits per heavy atom. The first-order chi connectivity index (χ1) is 8.15. The summed E-state index contributed by atoms with van der Waals surface area (Å²) in [6.45, 7) is 0.586. The Hall–Kier alpha value is -1.74. The van der Waals surface area contributed by atoms with Crippen molar-refractivity contribution in [1.29, 1.82) is 5.26 Å². The average Bonchev–Trinajstić information content (AvgIpc) is 2.35. The Labute approximate surface area is 105 Å². The van der Waals surface area contributed by atoms with Crippen LogP contribution in [0.15, 0.2) is 11.8 Å². The molecule has 0 aromatic rings. The SMILES string of the molecule is COC(=O)CCN/C=C(/C#N)C(=O)NCCCl. The van der Waals surface area contributed by atoms with Crippen molar-refractivity contribution in [3.8, 4) is 6.07 Å². The van der Waals surface area contributed by atoms with Crippen molar-refractivity contribution < 1.29 is 14.3 Å². The maximum Gasteiger partial charge on any atom is 0.307 e. The van der Waals surface area contributed by atoms with Gasteiger partial charge in [-0.1, -0.05) is 0 Å². The van der Waals surface area contributed by atoms with E-state index in [-0.39, 0.29) is 23.8 Å². The normalized spacial score (nSPS) is 10.3. The van der Waals surface area contributed by atoms with Crippen LogP contribution in [-0.4, -0.2) is 38.0 Å². The lowest BCUT2D eigenvalue weighted by Gasteiger charge is -2.02. The number of methoxy groups -OCH3 is 1. The molecule has 17 heavy (non-hydrogen) atoms. The molecule has 0 radical (unpaired) electrons. The quantitative estimate of drug-likeness (QED) is 0.219. The van der Waals surface area contributed by atoms with Gasteiger partial charge in [0.05, 0.1) is 13.5 Å². The molecular weight excluding hydrogens is 246 g/mol. The van der Waals surface area contributed by atoms with Crippen molar-refractivity contribution in [2.75, 3.05) is 26.1 Å². The second-order valence-corrected chi connectivity index (χ2v) is 3.27. The van der Waals surface area contributed by atoms with Gasteiger partial charge in [0.25, 0.3) is 5.91 Å². The molecule has 2 N–H and O–H groups in total. The third kappa shape index (κ3) is 7.19. The summed E-state index contributed by atoms with van der Waals surface area (Å²) in [6.07, 6.45) is 1.42. The van der Waals surface area contributed by atoms with Crippen LogP contribution in [0.5, 0.6) is 0 Å². The molecule has 0 rings (SSSR count). The number of halogens is 1. The van der Waals surface area contributed by atoms with E-state index < -0.39 is 5.91 Å². The van der Waals surface area contributed by atoms with Crippen molar-refractivity contribution in [3.05, 3.63) is 11.8 Å². The smallest absolute Gasteiger partial charge is 0.307 e. The molecule has 94 valence electrons. The van der Waals surface area contributed by atoms with E-state index >= 15 is 0 Å². The first-order valence-electron chi connectivity index (χ1n) is 4.90. The number of nitrogens with one attached hydrogen (secondary N) is 2. The van der Waals surface area contributed by atoms with Gasteiger partial charge >= 0.3 is 5.97 Å². The summed E-state index contributed by atoms with van der Waals surface area (Å²) in [4.78, 5) is 22.1. The highest BCUT2D eigenvalue weighted by Crippen LogP contribution is 1.91. The van der Waals surface area contributed by atoms with Crippen molar-refractivity contribution in [3.63, 3.8) is 0 Å². The van der Waals surface area contributed by atoms with Gasteiger partial charge < -0.3 is 15.4 Å². The molecule has 1 amide bonds. The van der Waals surface area contributed by atoms with Gasteiger partial charge in [-0.15, -0.1) is 11.6 Å². The molecule has 0 aromatic carbocycles. The minimum Gasteiger partial charge on any atom is -0.469 e. The Bertz CT molecular complexity index is 336. The number of ether oxygens (including phenoxy) is 1.